The van der Waals surface area contributed by atoms with E-state index in [9.17, 15) is 18.0 Å². The van der Waals surface area contributed by atoms with E-state index in [0.29, 0.717) is 19.6 Å². The number of hydrogen-bond acceptors (Lipinski definition) is 4. The van der Waals surface area contributed by atoms with Crippen LogP contribution in [-0.4, -0.2) is 58.0 Å². The zero-order chi connectivity index (χ0) is 22.0. The fraction of sp³-hybridized carbons (Fsp3) is 0.364. The van der Waals surface area contributed by atoms with Gasteiger partial charge in [0.2, 0.25) is 5.91 Å². The van der Waals surface area contributed by atoms with Crippen molar-refractivity contribution in [2.24, 2.45) is 7.05 Å². The number of nitrogens with one attached hydrogen (secondary N) is 1. The molecule has 164 valence electrons. The summed E-state index contributed by atoms with van der Waals surface area (Å²) >= 11 is 0. The van der Waals surface area contributed by atoms with E-state index in [1.165, 1.54) is 18.2 Å². The summed E-state index contributed by atoms with van der Waals surface area (Å²) in [5, 5.41) is 2.41. The number of para-hydroxylation sites is 3. The molecule has 1 aliphatic heterocycles. The van der Waals surface area contributed by atoms with Crippen LogP contribution >= 0.6 is 0 Å². The van der Waals surface area contributed by atoms with E-state index in [0.717, 1.165) is 36.0 Å². The average molecular weight is 431 g/mol. The maximum Gasteiger partial charge on any atom is 0.418 e. The summed E-state index contributed by atoms with van der Waals surface area (Å²) in [6, 6.07) is 13.0. The van der Waals surface area contributed by atoms with E-state index in [-0.39, 0.29) is 12.2 Å². The van der Waals surface area contributed by atoms with E-state index in [2.05, 4.69) is 14.8 Å². The first-order chi connectivity index (χ1) is 14.8. The zero-order valence-electron chi connectivity index (χ0n) is 17.2. The summed E-state index contributed by atoms with van der Waals surface area (Å²) in [6.07, 6.45) is -4.51. The lowest BCUT2D eigenvalue weighted by Gasteiger charge is -2.34. The summed E-state index contributed by atoms with van der Waals surface area (Å²) in [4.78, 5) is 21.3. The number of imidazole rings is 1. The van der Waals surface area contributed by atoms with Crippen LogP contribution < -0.4 is 5.32 Å². The topological polar surface area (TPSA) is 53.4 Å². The minimum absolute atomic E-state index is 0.0618. The van der Waals surface area contributed by atoms with Gasteiger partial charge in [-0.2, -0.15) is 13.2 Å². The Morgan fingerprint density at radius 2 is 1.65 bits per heavy atom. The molecule has 3 aromatic rings. The molecule has 0 saturated carbocycles. The molecule has 0 bridgehead atoms. The third kappa shape index (κ3) is 4.88. The van der Waals surface area contributed by atoms with Crippen LogP contribution in [0.2, 0.25) is 0 Å². The van der Waals surface area contributed by atoms with Crippen LogP contribution in [0.25, 0.3) is 11.0 Å². The average Bonchev–Trinajstić information content (AvgIpc) is 3.05. The molecule has 0 aliphatic carbocycles. The van der Waals surface area contributed by atoms with Crippen molar-refractivity contribution in [3.8, 4) is 0 Å². The monoisotopic (exact) mass is 431 g/mol. The molecular formula is C22H24F3N5O. The number of fused-ring (bicyclic) bond motifs is 1. The predicted molar refractivity (Wildman–Crippen MR) is 113 cm³/mol. The highest BCUT2D eigenvalue weighted by Crippen LogP contribution is 2.34. The molecule has 2 heterocycles. The van der Waals surface area contributed by atoms with Crippen LogP contribution in [0.4, 0.5) is 18.9 Å². The fourth-order valence-electron chi connectivity index (χ4n) is 3.87. The summed E-state index contributed by atoms with van der Waals surface area (Å²) in [6.45, 7) is 3.62. The highest BCUT2D eigenvalue weighted by molar-refractivity contribution is 5.93. The molecule has 1 aromatic heterocycles. The molecule has 9 heteroatoms. The van der Waals surface area contributed by atoms with Gasteiger partial charge in [-0.3, -0.25) is 14.6 Å². The Labute approximate surface area is 178 Å². The Morgan fingerprint density at radius 1 is 1.00 bits per heavy atom. The molecule has 6 nitrogen and oxygen atoms in total. The first-order valence-electron chi connectivity index (χ1n) is 10.1. The third-order valence-corrected chi connectivity index (χ3v) is 5.58. The van der Waals surface area contributed by atoms with Gasteiger partial charge in [-0.05, 0) is 24.3 Å². The summed E-state index contributed by atoms with van der Waals surface area (Å²) in [7, 11) is 2.00. The second kappa shape index (κ2) is 8.68. The lowest BCUT2D eigenvalue weighted by Crippen LogP contribution is -2.48. The van der Waals surface area contributed by atoms with Gasteiger partial charge >= 0.3 is 6.18 Å². The molecule has 0 spiro atoms. The number of piperazine rings is 1. The molecule has 0 unspecified atom stereocenters. The van der Waals surface area contributed by atoms with E-state index in [1.54, 1.807) is 0 Å². The zero-order valence-corrected chi connectivity index (χ0v) is 17.2. The Kier molecular flexibility index (Phi) is 5.97. The first kappa shape index (κ1) is 21.3. The van der Waals surface area contributed by atoms with Gasteiger partial charge in [0.05, 0.1) is 35.4 Å². The van der Waals surface area contributed by atoms with Crippen LogP contribution in [0.15, 0.2) is 48.5 Å². The van der Waals surface area contributed by atoms with Crippen LogP contribution in [0, 0.1) is 0 Å². The highest BCUT2D eigenvalue weighted by Gasteiger charge is 2.33. The van der Waals surface area contributed by atoms with Crippen LogP contribution in [0.5, 0.6) is 0 Å². The molecule has 1 aliphatic rings. The predicted octanol–water partition coefficient (Wildman–Crippen LogP) is 3.35. The number of anilines is 1. The van der Waals surface area contributed by atoms with E-state index < -0.39 is 17.6 Å². The van der Waals surface area contributed by atoms with Gasteiger partial charge in [-0.25, -0.2) is 4.98 Å². The van der Waals surface area contributed by atoms with Gasteiger partial charge in [0.25, 0.3) is 0 Å². The quantitative estimate of drug-likeness (QED) is 0.673. The van der Waals surface area contributed by atoms with Gasteiger partial charge in [0.15, 0.2) is 0 Å². The number of amides is 1. The molecule has 1 amide bonds. The van der Waals surface area contributed by atoms with Crippen molar-refractivity contribution in [3.63, 3.8) is 0 Å². The summed E-state index contributed by atoms with van der Waals surface area (Å²) in [5.41, 5.74) is 1.01. The van der Waals surface area contributed by atoms with Crippen LogP contribution in [0.3, 0.4) is 0 Å². The molecule has 0 radical (unpaired) electrons. The van der Waals surface area contributed by atoms with Gasteiger partial charge in [0, 0.05) is 33.2 Å². The number of aromatic nitrogens is 2. The smallest absolute Gasteiger partial charge is 0.330 e. The second-order valence-corrected chi connectivity index (χ2v) is 7.72. The normalized spacial score (nSPS) is 16.0. The maximum atomic E-state index is 13.1. The van der Waals surface area contributed by atoms with Crippen molar-refractivity contribution in [2.75, 3.05) is 38.0 Å². The molecule has 1 saturated heterocycles. The molecular weight excluding hydrogens is 407 g/mol. The van der Waals surface area contributed by atoms with Crippen molar-refractivity contribution >= 4 is 22.6 Å². The number of hydrogen-bond donors (Lipinski definition) is 1. The third-order valence-electron chi connectivity index (χ3n) is 5.58. The van der Waals surface area contributed by atoms with Gasteiger partial charge in [0.1, 0.15) is 5.82 Å². The number of carbonyl (C=O) groups is 1. The molecule has 31 heavy (non-hydrogen) atoms. The minimum atomic E-state index is -4.51. The van der Waals surface area contributed by atoms with E-state index in [1.807, 2.05) is 36.2 Å². The Balaban J connectivity index is 1.30. The van der Waals surface area contributed by atoms with Gasteiger partial charge in [-0.15, -0.1) is 0 Å². The number of rotatable bonds is 5. The summed E-state index contributed by atoms with van der Waals surface area (Å²) < 4.78 is 41.4. The van der Waals surface area contributed by atoms with Crippen molar-refractivity contribution in [3.05, 3.63) is 59.9 Å². The molecule has 4 rings (SSSR count). The molecule has 2 aromatic carbocycles. The lowest BCUT2D eigenvalue weighted by molar-refractivity contribution is -0.137. The van der Waals surface area contributed by atoms with Crippen molar-refractivity contribution in [1.82, 2.24) is 19.4 Å². The summed E-state index contributed by atoms with van der Waals surface area (Å²) in [5.74, 6) is 0.539. The Hall–Kier alpha value is -2.91. The van der Waals surface area contributed by atoms with E-state index in [4.69, 9.17) is 4.98 Å². The van der Waals surface area contributed by atoms with Crippen LogP contribution in [-0.2, 0) is 24.6 Å². The SMILES string of the molecule is Cn1c(CN2CCN(CC(=O)Nc3ccccc3C(F)(F)F)CC2)nc2ccccc21. The van der Waals surface area contributed by atoms with Crippen molar-refractivity contribution < 1.29 is 18.0 Å². The van der Waals surface area contributed by atoms with Gasteiger partial charge < -0.3 is 9.88 Å². The number of aryl methyl sites for hydroxylation is 1. The Morgan fingerprint density at radius 3 is 2.35 bits per heavy atom. The van der Waals surface area contributed by atoms with Crippen molar-refractivity contribution in [1.29, 1.82) is 0 Å². The first-order valence-corrected chi connectivity index (χ1v) is 10.1. The molecule has 1 N–H and O–H groups in total. The maximum absolute atomic E-state index is 13.1. The van der Waals surface area contributed by atoms with E-state index >= 15 is 0 Å². The fourth-order valence-corrected chi connectivity index (χ4v) is 3.87. The van der Waals surface area contributed by atoms with Gasteiger partial charge in [-0.1, -0.05) is 24.3 Å². The standard InChI is InChI=1S/C22H24F3N5O/c1-28-19-9-5-4-8-18(19)26-20(28)14-29-10-12-30(13-11-29)15-21(31)27-17-7-3-2-6-16(17)22(23,24)25/h2-9H,10-15H2,1H3,(H,27,31). The largest absolute Gasteiger partial charge is 0.418 e. The second-order valence-electron chi connectivity index (χ2n) is 7.72. The minimum Gasteiger partial charge on any atom is -0.330 e. The number of nitrogens with zero attached hydrogens (tertiary/aromatic N) is 4. The highest BCUT2D eigenvalue weighted by atomic mass is 19.4. The Bertz CT molecular complexity index is 1070. The molecule has 0 atom stereocenters. The molecule has 1 fully saturated rings. The van der Waals surface area contributed by atoms with Crippen LogP contribution in [0.1, 0.15) is 11.4 Å². The van der Waals surface area contributed by atoms with Crippen molar-refractivity contribution in [2.45, 2.75) is 12.7 Å². The lowest BCUT2D eigenvalue weighted by atomic mass is 10.1. The number of carbonyl (C=O) groups excluding carboxylic acids is 1. The number of halogens is 3. The number of benzene rings is 2. The number of alkyl halides is 3.